The standard InChI is InChI=1S/C16H14N2OS/c17-14-5-1-2-6-16(14)20(19)11-12-7-8-15-13(10-12)4-3-9-18-15/h1-10H,11,17H2. The van der Waals surface area contributed by atoms with E-state index in [4.69, 9.17) is 5.73 Å². The number of nitrogens with zero attached hydrogens (tertiary/aromatic N) is 1. The number of rotatable bonds is 3. The predicted octanol–water partition coefficient (Wildman–Crippen LogP) is 3.12. The Morgan fingerprint density at radius 1 is 1.05 bits per heavy atom. The maximum Gasteiger partial charge on any atom is 0.0702 e. The molecule has 0 aliphatic heterocycles. The fourth-order valence-corrected chi connectivity index (χ4v) is 3.33. The molecule has 4 heteroatoms. The van der Waals surface area contributed by atoms with Gasteiger partial charge in [-0.15, -0.1) is 0 Å². The molecule has 1 aromatic heterocycles. The van der Waals surface area contributed by atoms with Crippen LogP contribution in [0.25, 0.3) is 10.9 Å². The molecule has 0 bridgehead atoms. The first-order valence-corrected chi connectivity index (χ1v) is 7.62. The van der Waals surface area contributed by atoms with Crippen LogP contribution in [0.2, 0.25) is 0 Å². The zero-order valence-electron chi connectivity index (χ0n) is 10.8. The fourth-order valence-electron chi connectivity index (χ4n) is 2.13. The molecule has 0 saturated heterocycles. The van der Waals surface area contributed by atoms with Gasteiger partial charge in [-0.3, -0.25) is 9.19 Å². The Balaban J connectivity index is 1.89. The zero-order valence-corrected chi connectivity index (χ0v) is 11.6. The molecule has 20 heavy (non-hydrogen) atoms. The summed E-state index contributed by atoms with van der Waals surface area (Å²) in [5.41, 5.74) is 8.41. The van der Waals surface area contributed by atoms with E-state index in [1.165, 1.54) is 0 Å². The molecule has 3 rings (SSSR count). The van der Waals surface area contributed by atoms with Gasteiger partial charge in [0.1, 0.15) is 0 Å². The van der Waals surface area contributed by atoms with Crippen LogP contribution in [0, 0.1) is 0 Å². The van der Waals surface area contributed by atoms with Gasteiger partial charge in [0.05, 0.1) is 27.0 Å². The lowest BCUT2D eigenvalue weighted by atomic mass is 10.1. The molecule has 0 aliphatic carbocycles. The monoisotopic (exact) mass is 282 g/mol. The number of pyridine rings is 1. The summed E-state index contributed by atoms with van der Waals surface area (Å²) >= 11 is 0. The minimum absolute atomic E-state index is 0.457. The summed E-state index contributed by atoms with van der Waals surface area (Å²) < 4.78 is 12.4. The summed E-state index contributed by atoms with van der Waals surface area (Å²) in [6.07, 6.45) is 1.77. The summed E-state index contributed by atoms with van der Waals surface area (Å²) in [5.74, 6) is 0.457. The number of hydrogen-bond acceptors (Lipinski definition) is 3. The van der Waals surface area contributed by atoms with Gasteiger partial charge in [-0.2, -0.15) is 0 Å². The highest BCUT2D eigenvalue weighted by Crippen LogP contribution is 2.20. The number of hydrogen-bond donors (Lipinski definition) is 1. The van der Waals surface area contributed by atoms with Crippen molar-refractivity contribution in [3.63, 3.8) is 0 Å². The highest BCUT2D eigenvalue weighted by Gasteiger charge is 2.08. The van der Waals surface area contributed by atoms with E-state index in [0.29, 0.717) is 16.3 Å². The van der Waals surface area contributed by atoms with Crippen molar-refractivity contribution in [2.75, 3.05) is 5.73 Å². The van der Waals surface area contributed by atoms with Crippen LogP contribution in [0.15, 0.2) is 65.7 Å². The smallest absolute Gasteiger partial charge is 0.0702 e. The molecule has 1 atom stereocenters. The lowest BCUT2D eigenvalue weighted by Crippen LogP contribution is -2.00. The van der Waals surface area contributed by atoms with E-state index in [-0.39, 0.29) is 0 Å². The van der Waals surface area contributed by atoms with Crippen LogP contribution in [-0.4, -0.2) is 9.19 Å². The summed E-state index contributed by atoms with van der Waals surface area (Å²) in [6.45, 7) is 0. The lowest BCUT2D eigenvalue weighted by Gasteiger charge is -2.06. The van der Waals surface area contributed by atoms with E-state index < -0.39 is 10.8 Å². The molecule has 1 unspecified atom stereocenters. The van der Waals surface area contributed by atoms with Gasteiger partial charge in [0, 0.05) is 17.3 Å². The van der Waals surface area contributed by atoms with E-state index in [0.717, 1.165) is 16.5 Å². The average molecular weight is 282 g/mol. The first kappa shape index (κ1) is 12.8. The summed E-state index contributed by atoms with van der Waals surface area (Å²) in [4.78, 5) is 4.97. The van der Waals surface area contributed by atoms with Crippen molar-refractivity contribution in [3.8, 4) is 0 Å². The van der Waals surface area contributed by atoms with Crippen LogP contribution in [-0.2, 0) is 16.6 Å². The van der Waals surface area contributed by atoms with Gasteiger partial charge in [0.25, 0.3) is 0 Å². The zero-order chi connectivity index (χ0) is 13.9. The van der Waals surface area contributed by atoms with Crippen LogP contribution < -0.4 is 5.73 Å². The lowest BCUT2D eigenvalue weighted by molar-refractivity contribution is 0.683. The Hall–Kier alpha value is -2.20. The molecule has 0 amide bonds. The van der Waals surface area contributed by atoms with Crippen LogP contribution in [0.4, 0.5) is 5.69 Å². The van der Waals surface area contributed by atoms with Crippen LogP contribution in [0.3, 0.4) is 0 Å². The molecular weight excluding hydrogens is 268 g/mol. The van der Waals surface area contributed by atoms with E-state index >= 15 is 0 Å². The molecule has 2 N–H and O–H groups in total. The molecule has 3 nitrogen and oxygen atoms in total. The van der Waals surface area contributed by atoms with Crippen molar-refractivity contribution in [2.24, 2.45) is 0 Å². The number of benzene rings is 2. The molecule has 100 valence electrons. The number of anilines is 1. The molecule has 0 radical (unpaired) electrons. The van der Waals surface area contributed by atoms with E-state index in [1.807, 2.05) is 48.5 Å². The Morgan fingerprint density at radius 2 is 1.90 bits per heavy atom. The molecule has 2 aromatic carbocycles. The van der Waals surface area contributed by atoms with Crippen molar-refractivity contribution in [3.05, 3.63) is 66.4 Å². The summed E-state index contributed by atoms with van der Waals surface area (Å²) in [5, 5.41) is 1.06. The molecule has 0 fully saturated rings. The third-order valence-electron chi connectivity index (χ3n) is 3.13. The average Bonchev–Trinajstić information content (AvgIpc) is 2.47. The van der Waals surface area contributed by atoms with Crippen molar-refractivity contribution in [1.29, 1.82) is 0 Å². The molecule has 0 aliphatic rings. The summed E-state index contributed by atoms with van der Waals surface area (Å²) in [7, 11) is -1.13. The Labute approximate surface area is 119 Å². The Bertz CT molecular complexity index is 786. The van der Waals surface area contributed by atoms with Gasteiger partial charge in [-0.25, -0.2) is 0 Å². The number of nitrogen functional groups attached to an aromatic ring is 1. The van der Waals surface area contributed by atoms with Crippen LogP contribution in [0.5, 0.6) is 0 Å². The molecular formula is C16H14N2OS. The minimum atomic E-state index is -1.13. The highest BCUT2D eigenvalue weighted by molar-refractivity contribution is 7.84. The molecule has 1 heterocycles. The molecule has 0 saturated carbocycles. The first-order valence-electron chi connectivity index (χ1n) is 6.30. The normalized spacial score (nSPS) is 12.4. The Kier molecular flexibility index (Phi) is 3.48. The maximum absolute atomic E-state index is 12.4. The van der Waals surface area contributed by atoms with Gasteiger partial charge < -0.3 is 5.73 Å². The second kappa shape index (κ2) is 5.43. The minimum Gasteiger partial charge on any atom is -0.398 e. The van der Waals surface area contributed by atoms with Crippen molar-refractivity contribution in [2.45, 2.75) is 10.6 Å². The van der Waals surface area contributed by atoms with Gasteiger partial charge in [-0.05, 0) is 35.9 Å². The third-order valence-corrected chi connectivity index (χ3v) is 4.59. The van der Waals surface area contributed by atoms with Crippen LogP contribution in [0.1, 0.15) is 5.56 Å². The number of para-hydroxylation sites is 1. The second-order valence-electron chi connectivity index (χ2n) is 4.56. The first-order chi connectivity index (χ1) is 9.74. The quantitative estimate of drug-likeness (QED) is 0.751. The maximum atomic E-state index is 12.4. The van der Waals surface area contributed by atoms with Gasteiger partial charge >= 0.3 is 0 Å². The van der Waals surface area contributed by atoms with E-state index in [1.54, 1.807) is 12.3 Å². The van der Waals surface area contributed by atoms with E-state index in [9.17, 15) is 4.21 Å². The van der Waals surface area contributed by atoms with Crippen molar-refractivity contribution >= 4 is 27.4 Å². The number of fused-ring (bicyclic) bond motifs is 1. The molecule has 0 spiro atoms. The topological polar surface area (TPSA) is 56.0 Å². The van der Waals surface area contributed by atoms with Gasteiger partial charge in [-0.1, -0.05) is 24.3 Å². The predicted molar refractivity (Wildman–Crippen MR) is 82.7 cm³/mol. The van der Waals surface area contributed by atoms with Gasteiger partial charge in [0.2, 0.25) is 0 Å². The largest absolute Gasteiger partial charge is 0.398 e. The second-order valence-corrected chi connectivity index (χ2v) is 5.98. The molecule has 3 aromatic rings. The third kappa shape index (κ3) is 2.56. The SMILES string of the molecule is Nc1ccccc1S(=O)Cc1ccc2ncccc2c1. The number of aromatic nitrogens is 1. The van der Waals surface area contributed by atoms with Crippen LogP contribution >= 0.6 is 0 Å². The Morgan fingerprint density at radius 3 is 2.75 bits per heavy atom. The van der Waals surface area contributed by atoms with Gasteiger partial charge in [0.15, 0.2) is 0 Å². The summed E-state index contributed by atoms with van der Waals surface area (Å²) in [6, 6.07) is 17.1. The highest BCUT2D eigenvalue weighted by atomic mass is 32.2. The van der Waals surface area contributed by atoms with E-state index in [2.05, 4.69) is 4.98 Å². The van der Waals surface area contributed by atoms with Crippen molar-refractivity contribution in [1.82, 2.24) is 4.98 Å². The fraction of sp³-hybridized carbons (Fsp3) is 0.0625. The van der Waals surface area contributed by atoms with Crippen molar-refractivity contribution < 1.29 is 4.21 Å². The number of nitrogens with two attached hydrogens (primary N) is 1.